The van der Waals surface area contributed by atoms with Crippen molar-refractivity contribution in [2.45, 2.75) is 37.9 Å². The highest BCUT2D eigenvalue weighted by molar-refractivity contribution is 7.85. The molecular weight excluding hydrogens is 272 g/mol. The van der Waals surface area contributed by atoms with Gasteiger partial charge in [-0.2, -0.15) is 0 Å². The van der Waals surface area contributed by atoms with Crippen LogP contribution in [0, 0.1) is 0 Å². The van der Waals surface area contributed by atoms with Gasteiger partial charge in [0.15, 0.2) is 0 Å². The number of hydrogen-bond acceptors (Lipinski definition) is 3. The molecule has 2 heterocycles. The van der Waals surface area contributed by atoms with E-state index in [-0.39, 0.29) is 18.0 Å². The number of benzene rings is 1. The summed E-state index contributed by atoms with van der Waals surface area (Å²) in [5.41, 5.74) is 2.54. The number of fused-ring (bicyclic) bond motifs is 1. The number of carbonyl (C=O) groups excluding carboxylic acids is 1. The van der Waals surface area contributed by atoms with Gasteiger partial charge in [-0.25, -0.2) is 0 Å². The minimum absolute atomic E-state index is 0.0807. The summed E-state index contributed by atoms with van der Waals surface area (Å²) in [7, 11) is -0.677. The molecule has 0 aromatic heterocycles. The lowest BCUT2D eigenvalue weighted by atomic mass is 9.95. The van der Waals surface area contributed by atoms with E-state index in [9.17, 15) is 9.00 Å². The first-order valence-electron chi connectivity index (χ1n) is 7.18. The first-order valence-corrected chi connectivity index (χ1v) is 8.66. The second-order valence-corrected chi connectivity index (χ2v) is 7.23. The van der Waals surface area contributed by atoms with Crippen molar-refractivity contribution in [2.24, 2.45) is 0 Å². The minimum atomic E-state index is -0.677. The van der Waals surface area contributed by atoms with Gasteiger partial charge in [-0.05, 0) is 30.4 Å². The highest BCUT2D eigenvalue weighted by atomic mass is 32.2. The van der Waals surface area contributed by atoms with Crippen LogP contribution in [0.3, 0.4) is 0 Å². The van der Waals surface area contributed by atoms with Crippen molar-refractivity contribution in [1.29, 1.82) is 0 Å². The predicted octanol–water partition coefficient (Wildman–Crippen LogP) is 0.728. The third-order valence-corrected chi connectivity index (χ3v) is 5.51. The molecule has 0 spiro atoms. The summed E-state index contributed by atoms with van der Waals surface area (Å²) in [4.78, 5) is 12.3. The second kappa shape index (κ2) is 6.06. The topological polar surface area (TPSA) is 58.2 Å². The average molecular weight is 292 g/mol. The first kappa shape index (κ1) is 13.8. The molecule has 1 atom stereocenters. The third kappa shape index (κ3) is 3.10. The van der Waals surface area contributed by atoms with Crippen molar-refractivity contribution < 1.29 is 9.00 Å². The maximum atomic E-state index is 12.3. The van der Waals surface area contributed by atoms with Crippen LogP contribution in [0.5, 0.6) is 0 Å². The molecule has 2 aliphatic heterocycles. The zero-order valence-electron chi connectivity index (χ0n) is 11.4. The van der Waals surface area contributed by atoms with E-state index >= 15 is 0 Å². The molecule has 20 heavy (non-hydrogen) atoms. The Labute approximate surface area is 121 Å². The summed E-state index contributed by atoms with van der Waals surface area (Å²) in [5, 5.41) is 6.41. The van der Waals surface area contributed by atoms with Crippen molar-refractivity contribution in [2.75, 3.05) is 11.5 Å². The molecule has 0 bridgehead atoms. The van der Waals surface area contributed by atoms with Gasteiger partial charge in [0.05, 0.1) is 6.04 Å². The highest BCUT2D eigenvalue weighted by Gasteiger charge is 2.26. The van der Waals surface area contributed by atoms with E-state index < -0.39 is 10.8 Å². The zero-order chi connectivity index (χ0) is 13.9. The lowest BCUT2D eigenvalue weighted by Gasteiger charge is -2.28. The Bertz CT molecular complexity index is 522. The van der Waals surface area contributed by atoms with E-state index in [1.807, 2.05) is 12.1 Å². The molecule has 108 valence electrons. The van der Waals surface area contributed by atoms with Gasteiger partial charge in [-0.1, -0.05) is 24.3 Å². The predicted molar refractivity (Wildman–Crippen MR) is 79.8 cm³/mol. The monoisotopic (exact) mass is 292 g/mol. The Balaban J connectivity index is 1.57. The van der Waals surface area contributed by atoms with Crippen LogP contribution in [0.25, 0.3) is 0 Å². The molecule has 5 heteroatoms. The molecule has 4 nitrogen and oxygen atoms in total. The van der Waals surface area contributed by atoms with Crippen molar-refractivity contribution >= 4 is 16.7 Å². The molecule has 0 saturated carbocycles. The van der Waals surface area contributed by atoms with E-state index in [0.717, 1.165) is 25.8 Å². The van der Waals surface area contributed by atoms with Crippen molar-refractivity contribution in [1.82, 2.24) is 10.6 Å². The number of nitrogens with one attached hydrogen (secondary N) is 2. The van der Waals surface area contributed by atoms with Crippen LogP contribution in [0.2, 0.25) is 0 Å². The van der Waals surface area contributed by atoms with Gasteiger partial charge in [-0.15, -0.1) is 0 Å². The summed E-state index contributed by atoms with van der Waals surface area (Å²) in [6.45, 7) is 0.753. The summed E-state index contributed by atoms with van der Waals surface area (Å²) < 4.78 is 11.3. The molecule has 2 N–H and O–H groups in total. The van der Waals surface area contributed by atoms with Gasteiger partial charge >= 0.3 is 0 Å². The first-order chi connectivity index (χ1) is 9.72. The Morgan fingerprint density at radius 2 is 1.90 bits per heavy atom. The van der Waals surface area contributed by atoms with Gasteiger partial charge < -0.3 is 10.6 Å². The van der Waals surface area contributed by atoms with Crippen molar-refractivity contribution in [3.63, 3.8) is 0 Å². The molecule has 3 rings (SSSR count). The maximum Gasteiger partial charge on any atom is 0.237 e. The Morgan fingerprint density at radius 3 is 2.65 bits per heavy atom. The van der Waals surface area contributed by atoms with Crippen LogP contribution < -0.4 is 10.6 Å². The molecule has 1 saturated heterocycles. The third-order valence-electron chi connectivity index (χ3n) is 4.13. The van der Waals surface area contributed by atoms with Crippen LogP contribution in [0.1, 0.15) is 24.0 Å². The number of amides is 1. The Hall–Kier alpha value is -1.20. The molecule has 1 fully saturated rings. The lowest BCUT2D eigenvalue weighted by molar-refractivity contribution is -0.124. The number of hydrogen-bond donors (Lipinski definition) is 2. The largest absolute Gasteiger partial charge is 0.352 e. The molecule has 0 unspecified atom stereocenters. The molecule has 0 radical (unpaired) electrons. The van der Waals surface area contributed by atoms with Crippen LogP contribution in [0.15, 0.2) is 24.3 Å². The van der Waals surface area contributed by atoms with E-state index in [2.05, 4.69) is 22.8 Å². The van der Waals surface area contributed by atoms with Gasteiger partial charge in [0.1, 0.15) is 0 Å². The number of carbonyl (C=O) groups is 1. The fourth-order valence-electron chi connectivity index (χ4n) is 2.88. The fourth-order valence-corrected chi connectivity index (χ4v) is 4.18. The average Bonchev–Trinajstić information content (AvgIpc) is 2.49. The van der Waals surface area contributed by atoms with E-state index in [1.54, 1.807) is 0 Å². The van der Waals surface area contributed by atoms with Crippen LogP contribution in [-0.4, -0.2) is 33.7 Å². The molecule has 2 aliphatic rings. The maximum absolute atomic E-state index is 12.3. The molecule has 0 aliphatic carbocycles. The summed E-state index contributed by atoms with van der Waals surface area (Å²) in [6, 6.07) is 8.31. The normalized spacial score (nSPS) is 29.5. The van der Waals surface area contributed by atoms with Gasteiger partial charge in [-0.3, -0.25) is 9.00 Å². The van der Waals surface area contributed by atoms with Crippen LogP contribution >= 0.6 is 0 Å². The Morgan fingerprint density at radius 1 is 1.20 bits per heavy atom. The quantitative estimate of drug-likeness (QED) is 0.845. The van der Waals surface area contributed by atoms with Gasteiger partial charge in [0, 0.05) is 34.9 Å². The Kier molecular flexibility index (Phi) is 4.17. The second-order valence-electron chi connectivity index (χ2n) is 5.54. The van der Waals surface area contributed by atoms with E-state index in [1.165, 1.54) is 11.1 Å². The highest BCUT2D eigenvalue weighted by Crippen LogP contribution is 2.17. The molecule has 1 aromatic carbocycles. The van der Waals surface area contributed by atoms with Gasteiger partial charge in [0.25, 0.3) is 0 Å². The SMILES string of the molecule is O=C(NC1CCS(=O)CC1)[C@@H]1Cc2ccccc2CN1. The smallest absolute Gasteiger partial charge is 0.237 e. The zero-order valence-corrected chi connectivity index (χ0v) is 12.2. The fraction of sp³-hybridized carbons (Fsp3) is 0.533. The van der Waals surface area contributed by atoms with Crippen molar-refractivity contribution in [3.05, 3.63) is 35.4 Å². The van der Waals surface area contributed by atoms with E-state index in [0.29, 0.717) is 11.5 Å². The van der Waals surface area contributed by atoms with Gasteiger partial charge in [0.2, 0.25) is 5.91 Å². The number of rotatable bonds is 2. The molecule has 1 aromatic rings. The standard InChI is InChI=1S/C15H20N2O2S/c18-15(17-13-5-7-20(19)8-6-13)14-9-11-3-1-2-4-12(11)10-16-14/h1-4,13-14,16H,5-10H2,(H,17,18)/t13?,14-,20?/m0/s1. The summed E-state index contributed by atoms with van der Waals surface area (Å²) in [6.07, 6.45) is 2.42. The lowest BCUT2D eigenvalue weighted by Crippen LogP contribution is -2.51. The minimum Gasteiger partial charge on any atom is -0.352 e. The summed E-state index contributed by atoms with van der Waals surface area (Å²) in [5.74, 6) is 1.51. The summed E-state index contributed by atoms with van der Waals surface area (Å²) >= 11 is 0. The molecule has 1 amide bonds. The van der Waals surface area contributed by atoms with Crippen LogP contribution in [-0.2, 0) is 28.6 Å². The molecular formula is C15H20N2O2S. The van der Waals surface area contributed by atoms with E-state index in [4.69, 9.17) is 0 Å². The van der Waals surface area contributed by atoms with Crippen LogP contribution in [0.4, 0.5) is 0 Å². The van der Waals surface area contributed by atoms with Crippen molar-refractivity contribution in [3.8, 4) is 0 Å².